The largest absolute Gasteiger partial charge is 0.490 e. The summed E-state index contributed by atoms with van der Waals surface area (Å²) in [5.74, 6) is -0.134. The minimum absolute atomic E-state index is 0.0180. The van der Waals surface area contributed by atoms with Gasteiger partial charge in [0.05, 0.1) is 18.5 Å². The van der Waals surface area contributed by atoms with E-state index in [4.69, 9.17) is 29.5 Å². The third kappa shape index (κ3) is 9.48. The minimum atomic E-state index is -5.78. The summed E-state index contributed by atoms with van der Waals surface area (Å²) in [6.45, 7) is 3.01. The Morgan fingerprint density at radius 1 is 1.20 bits per heavy atom. The third-order valence-electron chi connectivity index (χ3n) is 5.97. The number of benzene rings is 1. The lowest BCUT2D eigenvalue weighted by molar-refractivity contribution is -0.0490. The Bertz CT molecular complexity index is 1750. The molecule has 19 nitrogen and oxygen atoms in total. The average molecular weight is 732 g/mol. The van der Waals surface area contributed by atoms with Gasteiger partial charge in [-0.1, -0.05) is 46.7 Å². The number of nitrogens with two attached hydrogens (primary N) is 1. The van der Waals surface area contributed by atoms with Crippen LogP contribution in [0.25, 0.3) is 11.2 Å². The summed E-state index contributed by atoms with van der Waals surface area (Å²) in [6.07, 6.45) is -2.46. The summed E-state index contributed by atoms with van der Waals surface area (Å²) in [5.41, 5.74) is 5.91. The number of anilines is 1. The molecule has 0 bridgehead atoms. The summed E-state index contributed by atoms with van der Waals surface area (Å²) in [6, 6.07) is 6.76. The average Bonchev–Trinajstić information content (AvgIpc) is 3.52. The second kappa shape index (κ2) is 14.4. The van der Waals surface area contributed by atoms with Crippen molar-refractivity contribution in [2.75, 3.05) is 18.1 Å². The van der Waals surface area contributed by atoms with Crippen LogP contribution in [-0.2, 0) is 36.3 Å². The number of ether oxygens (including phenoxy) is 2. The standard InChI is InChI=1S/C21H28N5O14P3S2/c1-3-44-45-11(2)12-6-4-5-7-13(12)20(28)38-14-8-16(26-10-23-17-18(26)24-21(22)25-19(17)27)37-15(14)9-36-42(32,33)40-43(34,35)39-41(29,30)31/h4-7,10-11,14-16H,3,8-9H2,1-2H3,(H,32,33)(H,34,35)(H2,29,30,31)(H3,22,24,25,27)/t11?,14-,15-,16-/m1/s1. The van der Waals surface area contributed by atoms with Gasteiger partial charge in [-0.15, -0.1) is 0 Å². The Balaban J connectivity index is 1.59. The van der Waals surface area contributed by atoms with Crippen molar-refractivity contribution in [3.05, 3.63) is 52.1 Å². The van der Waals surface area contributed by atoms with Gasteiger partial charge in [0.2, 0.25) is 5.95 Å². The molecule has 0 radical (unpaired) electrons. The highest BCUT2D eigenvalue weighted by atomic mass is 33.1. The minimum Gasteiger partial charge on any atom is -0.456 e. The number of nitrogens with one attached hydrogen (secondary N) is 1. The van der Waals surface area contributed by atoms with Crippen LogP contribution < -0.4 is 11.3 Å². The van der Waals surface area contributed by atoms with Crippen LogP contribution in [-0.4, -0.2) is 69.6 Å². The number of imidazole rings is 1. The molecule has 1 fully saturated rings. The molecule has 4 rings (SSSR count). The highest BCUT2D eigenvalue weighted by Gasteiger charge is 2.44. The van der Waals surface area contributed by atoms with Crippen LogP contribution in [0.5, 0.6) is 0 Å². The third-order valence-corrected chi connectivity index (χ3v) is 12.7. The number of H-pyrrole nitrogens is 1. The van der Waals surface area contributed by atoms with E-state index in [2.05, 4.69) is 23.6 Å². The number of aromatic amines is 1. The van der Waals surface area contributed by atoms with Gasteiger partial charge in [0, 0.05) is 17.4 Å². The molecule has 0 saturated carbocycles. The van der Waals surface area contributed by atoms with Crippen LogP contribution >= 0.6 is 45.1 Å². The Hall–Kier alpha value is -2.09. The number of phosphoric ester groups is 1. The number of nitrogens with zero attached hydrogens (tertiary/aromatic N) is 3. The lowest BCUT2D eigenvalue weighted by Gasteiger charge is -2.22. The number of rotatable bonds is 14. The van der Waals surface area contributed by atoms with Gasteiger partial charge in [-0.25, -0.2) is 23.5 Å². The van der Waals surface area contributed by atoms with E-state index in [-0.39, 0.29) is 34.3 Å². The van der Waals surface area contributed by atoms with E-state index in [1.807, 2.05) is 13.8 Å². The molecule has 3 aromatic rings. The van der Waals surface area contributed by atoms with Crippen molar-refractivity contribution in [3.8, 4) is 0 Å². The number of hydrogen-bond donors (Lipinski definition) is 6. The van der Waals surface area contributed by atoms with E-state index in [0.717, 1.165) is 5.75 Å². The first kappa shape index (κ1) is 35.8. The monoisotopic (exact) mass is 731 g/mol. The molecule has 0 amide bonds. The Labute approximate surface area is 262 Å². The normalized spacial score (nSPS) is 22.1. The molecule has 248 valence electrons. The molecular weight excluding hydrogens is 703 g/mol. The molecule has 24 heteroatoms. The van der Waals surface area contributed by atoms with E-state index in [0.29, 0.717) is 5.56 Å². The second-order valence-corrected chi connectivity index (χ2v) is 16.6. The second-order valence-electron chi connectivity index (χ2n) is 9.20. The number of fused-ring (bicyclic) bond motifs is 1. The van der Waals surface area contributed by atoms with Gasteiger partial charge in [0.15, 0.2) is 11.2 Å². The first-order chi connectivity index (χ1) is 21.0. The topological polar surface area (TPSA) is 285 Å². The maximum Gasteiger partial charge on any atom is 0.490 e. The highest BCUT2D eigenvalue weighted by molar-refractivity contribution is 8.76. The summed E-state index contributed by atoms with van der Waals surface area (Å²) in [5, 5.41) is -0.0979. The fraction of sp³-hybridized carbons (Fsp3) is 0.429. The number of carbonyl (C=O) groups excluding carboxylic acids is 1. The number of hydrogen-bond acceptors (Lipinski definition) is 15. The fourth-order valence-electron chi connectivity index (χ4n) is 4.23. The molecule has 0 aliphatic carbocycles. The van der Waals surface area contributed by atoms with Crippen LogP contribution in [0.4, 0.5) is 5.95 Å². The lowest BCUT2D eigenvalue weighted by atomic mass is 10.0. The maximum atomic E-state index is 13.4. The molecule has 3 unspecified atom stereocenters. The highest BCUT2D eigenvalue weighted by Crippen LogP contribution is 2.66. The number of carbonyl (C=O) groups is 1. The number of nitrogen functional groups attached to an aromatic ring is 1. The fourth-order valence-corrected chi connectivity index (χ4v) is 9.24. The molecule has 45 heavy (non-hydrogen) atoms. The van der Waals surface area contributed by atoms with E-state index in [9.17, 15) is 33.1 Å². The maximum absolute atomic E-state index is 13.4. The molecule has 1 aromatic carbocycles. The van der Waals surface area contributed by atoms with Crippen molar-refractivity contribution in [1.82, 2.24) is 19.5 Å². The van der Waals surface area contributed by atoms with Crippen molar-refractivity contribution in [2.24, 2.45) is 0 Å². The number of aromatic nitrogens is 4. The van der Waals surface area contributed by atoms with E-state index in [1.54, 1.807) is 45.9 Å². The molecule has 6 atom stereocenters. The predicted molar refractivity (Wildman–Crippen MR) is 161 cm³/mol. The van der Waals surface area contributed by atoms with Crippen molar-refractivity contribution < 1.29 is 60.7 Å². The number of phosphoric acid groups is 3. The predicted octanol–water partition coefficient (Wildman–Crippen LogP) is 3.02. The van der Waals surface area contributed by atoms with Gasteiger partial charge >= 0.3 is 29.4 Å². The smallest absolute Gasteiger partial charge is 0.456 e. The van der Waals surface area contributed by atoms with Gasteiger partial charge in [0.25, 0.3) is 5.56 Å². The Morgan fingerprint density at radius 2 is 1.91 bits per heavy atom. The molecule has 0 spiro atoms. The molecule has 7 N–H and O–H groups in total. The van der Waals surface area contributed by atoms with E-state index >= 15 is 0 Å². The first-order valence-corrected chi connectivity index (χ1v) is 19.6. The van der Waals surface area contributed by atoms with Crippen LogP contribution in [0.3, 0.4) is 0 Å². The van der Waals surface area contributed by atoms with Crippen molar-refractivity contribution >= 4 is 68.1 Å². The molecule has 3 heterocycles. The quantitative estimate of drug-likeness (QED) is 0.0789. The van der Waals surface area contributed by atoms with Crippen LogP contribution in [0.15, 0.2) is 35.4 Å². The zero-order valence-electron chi connectivity index (χ0n) is 23.3. The van der Waals surface area contributed by atoms with Crippen molar-refractivity contribution in [3.63, 3.8) is 0 Å². The van der Waals surface area contributed by atoms with Gasteiger partial charge in [-0.05, 0) is 18.6 Å². The summed E-state index contributed by atoms with van der Waals surface area (Å²) in [4.78, 5) is 73.0. The van der Waals surface area contributed by atoms with Gasteiger partial charge in [-0.2, -0.15) is 13.6 Å². The van der Waals surface area contributed by atoms with Crippen molar-refractivity contribution in [1.29, 1.82) is 0 Å². The Morgan fingerprint density at radius 3 is 2.60 bits per heavy atom. The molecule has 2 aromatic heterocycles. The van der Waals surface area contributed by atoms with Gasteiger partial charge in [0.1, 0.15) is 18.4 Å². The van der Waals surface area contributed by atoms with Crippen LogP contribution in [0.1, 0.15) is 47.7 Å². The molecular formula is C21H28N5O14P3S2. The summed E-state index contributed by atoms with van der Waals surface area (Å²) < 4.78 is 60.3. The summed E-state index contributed by atoms with van der Waals surface area (Å²) in [7, 11) is -13.8. The van der Waals surface area contributed by atoms with E-state index in [1.165, 1.54) is 10.9 Å². The summed E-state index contributed by atoms with van der Waals surface area (Å²) >= 11 is 0. The van der Waals surface area contributed by atoms with Crippen LogP contribution in [0, 0.1) is 0 Å². The van der Waals surface area contributed by atoms with Crippen molar-refractivity contribution in [2.45, 2.75) is 44.0 Å². The SMILES string of the molecule is CCSSC(C)c1ccccc1C(=O)O[C@@H]1C[C@H](n2cnc3c(=O)[nH]c(N)nc32)O[C@@H]1COP(=O)(O)OP(=O)(O)OP(=O)(O)O. The van der Waals surface area contributed by atoms with E-state index < -0.39 is 60.0 Å². The molecule has 1 saturated heterocycles. The lowest BCUT2D eigenvalue weighted by Crippen LogP contribution is -2.31. The van der Waals surface area contributed by atoms with Gasteiger partial charge < -0.3 is 34.8 Å². The Kier molecular flexibility index (Phi) is 11.4. The zero-order valence-corrected chi connectivity index (χ0v) is 27.6. The van der Waals surface area contributed by atoms with Gasteiger partial charge in [-0.3, -0.25) is 18.9 Å². The zero-order chi connectivity index (χ0) is 33.2. The molecule has 1 aliphatic rings. The first-order valence-electron chi connectivity index (χ1n) is 12.7. The molecule has 1 aliphatic heterocycles. The van der Waals surface area contributed by atoms with Crippen LogP contribution in [0.2, 0.25) is 0 Å². The number of esters is 1.